The zero-order valence-electron chi connectivity index (χ0n) is 7.42. The van der Waals surface area contributed by atoms with Gasteiger partial charge in [-0.2, -0.15) is 0 Å². The lowest BCUT2D eigenvalue weighted by molar-refractivity contribution is -0.130. The zero-order valence-corrected chi connectivity index (χ0v) is 7.42. The predicted molar refractivity (Wildman–Crippen MR) is 44.3 cm³/mol. The third-order valence-corrected chi connectivity index (χ3v) is 2.53. The summed E-state index contributed by atoms with van der Waals surface area (Å²) in [5, 5.41) is 3.11. The van der Waals surface area contributed by atoms with Crippen molar-refractivity contribution in [3.8, 4) is 0 Å². The van der Waals surface area contributed by atoms with E-state index in [4.69, 9.17) is 0 Å². The van der Waals surface area contributed by atoms with Crippen LogP contribution in [0.4, 0.5) is 0 Å². The summed E-state index contributed by atoms with van der Waals surface area (Å²) < 4.78 is 0. The van der Waals surface area contributed by atoms with E-state index < -0.39 is 0 Å². The minimum Gasteiger partial charge on any atom is -0.345 e. The predicted octanol–water partition coefficient (Wildman–Crippen LogP) is 0.0726. The molecule has 1 rings (SSSR count). The van der Waals surface area contributed by atoms with Crippen LogP contribution in [0.25, 0.3) is 0 Å². The minimum absolute atomic E-state index is 0.199. The first kappa shape index (κ1) is 8.53. The highest BCUT2D eigenvalue weighted by Crippen LogP contribution is 2.19. The lowest BCUT2D eigenvalue weighted by Gasteiger charge is -2.16. The zero-order chi connectivity index (χ0) is 8.43. The van der Waals surface area contributed by atoms with Gasteiger partial charge in [-0.05, 0) is 20.4 Å². The molecule has 2 unspecified atom stereocenters. The summed E-state index contributed by atoms with van der Waals surface area (Å²) in [4.78, 5) is 13.2. The maximum atomic E-state index is 11.4. The average Bonchev–Trinajstić information content (AvgIpc) is 2.32. The maximum Gasteiger partial charge on any atom is 0.227 e. The number of carbonyl (C=O) groups excluding carboxylic acids is 1. The topological polar surface area (TPSA) is 32.3 Å². The Morgan fingerprint density at radius 3 is 2.73 bits per heavy atom. The van der Waals surface area contributed by atoms with Crippen molar-refractivity contribution >= 4 is 5.91 Å². The molecule has 0 saturated carbocycles. The molecule has 1 N–H and O–H groups in total. The van der Waals surface area contributed by atoms with Crippen LogP contribution >= 0.6 is 0 Å². The Morgan fingerprint density at radius 1 is 1.73 bits per heavy atom. The number of hydrogen-bond donors (Lipinski definition) is 1. The van der Waals surface area contributed by atoms with E-state index in [-0.39, 0.29) is 11.8 Å². The van der Waals surface area contributed by atoms with Gasteiger partial charge in [-0.1, -0.05) is 0 Å². The molecular weight excluding hydrogens is 140 g/mol. The van der Waals surface area contributed by atoms with Crippen molar-refractivity contribution in [3.05, 3.63) is 0 Å². The molecule has 0 aliphatic carbocycles. The number of hydrogen-bond acceptors (Lipinski definition) is 2. The molecule has 3 heteroatoms. The largest absolute Gasteiger partial charge is 0.345 e. The van der Waals surface area contributed by atoms with E-state index in [9.17, 15) is 4.79 Å². The van der Waals surface area contributed by atoms with Crippen molar-refractivity contribution in [2.45, 2.75) is 19.4 Å². The molecular formula is C8H16N2O. The number of nitrogens with one attached hydrogen (secondary N) is 1. The monoisotopic (exact) mass is 156 g/mol. The summed E-state index contributed by atoms with van der Waals surface area (Å²) in [6.07, 6.45) is 0.997. The standard InChI is InChI=1S/C8H16N2O/c1-6(9-2)7-4-5-10(3)8(7)11/h6-7,9H,4-5H2,1-3H3. The van der Waals surface area contributed by atoms with Gasteiger partial charge in [-0.25, -0.2) is 0 Å². The van der Waals surface area contributed by atoms with Gasteiger partial charge in [0.1, 0.15) is 0 Å². The van der Waals surface area contributed by atoms with Crippen LogP contribution in [0.2, 0.25) is 0 Å². The molecule has 1 saturated heterocycles. The molecule has 1 fully saturated rings. The maximum absolute atomic E-state index is 11.4. The fourth-order valence-corrected chi connectivity index (χ4v) is 1.51. The molecule has 0 aromatic rings. The summed E-state index contributed by atoms with van der Waals surface area (Å²) in [5.41, 5.74) is 0. The molecule has 3 nitrogen and oxygen atoms in total. The van der Waals surface area contributed by atoms with E-state index in [1.165, 1.54) is 0 Å². The van der Waals surface area contributed by atoms with Crippen LogP contribution in [0.5, 0.6) is 0 Å². The second kappa shape index (κ2) is 3.22. The van der Waals surface area contributed by atoms with Gasteiger partial charge >= 0.3 is 0 Å². The molecule has 0 aromatic carbocycles. The van der Waals surface area contributed by atoms with Gasteiger partial charge in [0.25, 0.3) is 0 Å². The van der Waals surface area contributed by atoms with Gasteiger partial charge < -0.3 is 10.2 Å². The van der Waals surface area contributed by atoms with Gasteiger partial charge in [-0.3, -0.25) is 4.79 Å². The van der Waals surface area contributed by atoms with Gasteiger partial charge in [-0.15, -0.1) is 0 Å². The molecule has 1 amide bonds. The number of carbonyl (C=O) groups is 1. The smallest absolute Gasteiger partial charge is 0.227 e. The van der Waals surface area contributed by atoms with E-state index in [1.807, 2.05) is 14.1 Å². The molecule has 0 bridgehead atoms. The van der Waals surface area contributed by atoms with Gasteiger partial charge in [0, 0.05) is 19.6 Å². The summed E-state index contributed by atoms with van der Waals surface area (Å²) in [6, 6.07) is 0.312. The van der Waals surface area contributed by atoms with Crippen LogP contribution in [-0.4, -0.2) is 37.5 Å². The van der Waals surface area contributed by atoms with Crippen molar-refractivity contribution in [2.24, 2.45) is 5.92 Å². The van der Waals surface area contributed by atoms with E-state index in [1.54, 1.807) is 4.90 Å². The SMILES string of the molecule is CNC(C)C1CCN(C)C1=O. The molecule has 1 aliphatic rings. The Balaban J connectivity index is 2.54. The molecule has 0 spiro atoms. The van der Waals surface area contributed by atoms with Gasteiger partial charge in [0.15, 0.2) is 0 Å². The summed E-state index contributed by atoms with van der Waals surface area (Å²) >= 11 is 0. The lowest BCUT2D eigenvalue weighted by Crippen LogP contribution is -2.35. The second-order valence-electron chi connectivity index (χ2n) is 3.23. The number of amides is 1. The van der Waals surface area contributed by atoms with Crippen LogP contribution in [0.3, 0.4) is 0 Å². The van der Waals surface area contributed by atoms with Crippen molar-refractivity contribution in [3.63, 3.8) is 0 Å². The highest BCUT2D eigenvalue weighted by molar-refractivity contribution is 5.81. The third-order valence-electron chi connectivity index (χ3n) is 2.53. The molecule has 1 aliphatic heterocycles. The summed E-state index contributed by atoms with van der Waals surface area (Å²) in [5.74, 6) is 0.483. The minimum atomic E-state index is 0.199. The molecule has 0 aromatic heterocycles. The van der Waals surface area contributed by atoms with E-state index in [0.717, 1.165) is 13.0 Å². The average molecular weight is 156 g/mol. The Kier molecular flexibility index (Phi) is 2.49. The van der Waals surface area contributed by atoms with Gasteiger partial charge in [0.05, 0.1) is 5.92 Å². The quantitative estimate of drug-likeness (QED) is 0.613. The van der Waals surface area contributed by atoms with Crippen molar-refractivity contribution in [2.75, 3.05) is 20.6 Å². The number of nitrogens with zero attached hydrogens (tertiary/aromatic N) is 1. The van der Waals surface area contributed by atoms with Gasteiger partial charge in [0.2, 0.25) is 5.91 Å². The van der Waals surface area contributed by atoms with E-state index >= 15 is 0 Å². The molecule has 11 heavy (non-hydrogen) atoms. The third kappa shape index (κ3) is 1.53. The first-order valence-electron chi connectivity index (χ1n) is 4.09. The Bertz CT molecular complexity index is 158. The lowest BCUT2D eigenvalue weighted by atomic mass is 10.0. The highest BCUT2D eigenvalue weighted by atomic mass is 16.2. The molecule has 2 atom stereocenters. The second-order valence-corrected chi connectivity index (χ2v) is 3.23. The van der Waals surface area contributed by atoms with Crippen molar-refractivity contribution in [1.29, 1.82) is 0 Å². The first-order valence-corrected chi connectivity index (χ1v) is 4.09. The van der Waals surface area contributed by atoms with Crippen LogP contribution in [-0.2, 0) is 4.79 Å². The van der Waals surface area contributed by atoms with Crippen molar-refractivity contribution in [1.82, 2.24) is 10.2 Å². The fourth-order valence-electron chi connectivity index (χ4n) is 1.51. The van der Waals surface area contributed by atoms with Crippen LogP contribution in [0.15, 0.2) is 0 Å². The van der Waals surface area contributed by atoms with Crippen LogP contribution in [0, 0.1) is 5.92 Å². The fraction of sp³-hybridized carbons (Fsp3) is 0.875. The highest BCUT2D eigenvalue weighted by Gasteiger charge is 2.32. The van der Waals surface area contributed by atoms with E-state index in [2.05, 4.69) is 12.2 Å². The first-order chi connectivity index (χ1) is 5.16. The molecule has 0 radical (unpaired) electrons. The van der Waals surface area contributed by atoms with Crippen molar-refractivity contribution < 1.29 is 4.79 Å². The Labute approximate surface area is 67.8 Å². The van der Waals surface area contributed by atoms with Crippen LogP contribution < -0.4 is 5.32 Å². The Hall–Kier alpha value is -0.570. The summed E-state index contributed by atoms with van der Waals surface area (Å²) in [7, 11) is 3.76. The molecule has 1 heterocycles. The number of rotatable bonds is 2. The summed E-state index contributed by atoms with van der Waals surface area (Å²) in [6.45, 7) is 2.97. The molecule has 64 valence electrons. The number of likely N-dealkylation sites (tertiary alicyclic amines) is 1. The van der Waals surface area contributed by atoms with E-state index in [0.29, 0.717) is 6.04 Å². The van der Waals surface area contributed by atoms with Crippen LogP contribution in [0.1, 0.15) is 13.3 Å². The Morgan fingerprint density at radius 2 is 2.36 bits per heavy atom. The normalized spacial score (nSPS) is 27.7.